The molecule has 2 aromatic rings. The van der Waals surface area contributed by atoms with Gasteiger partial charge in [-0.15, -0.1) is 0 Å². The molecule has 0 aliphatic carbocycles. The zero-order chi connectivity index (χ0) is 7.68. The minimum Gasteiger partial charge on any atom is -0.243 e. The van der Waals surface area contributed by atoms with Crippen LogP contribution in [0.2, 0.25) is 0 Å². The molecule has 0 spiro atoms. The topological polar surface area (TPSA) is 38.9 Å². The standard InChI is InChI=1S/C7H5BrN2O/c8-4-5-1-2-6-7(3-5)10-11-9-6/h1-3H,4H2. The Hall–Kier alpha value is -0.900. The summed E-state index contributed by atoms with van der Waals surface area (Å²) < 4.78 is 4.55. The van der Waals surface area contributed by atoms with Gasteiger partial charge in [0.05, 0.1) is 0 Å². The summed E-state index contributed by atoms with van der Waals surface area (Å²) in [6.07, 6.45) is 0. The van der Waals surface area contributed by atoms with E-state index in [0.29, 0.717) is 0 Å². The number of fused-ring (bicyclic) bond motifs is 1. The van der Waals surface area contributed by atoms with Crippen molar-refractivity contribution >= 4 is 27.0 Å². The Morgan fingerprint density at radius 1 is 1.27 bits per heavy atom. The van der Waals surface area contributed by atoms with Gasteiger partial charge in [-0.3, -0.25) is 0 Å². The van der Waals surface area contributed by atoms with Gasteiger partial charge < -0.3 is 0 Å². The Balaban J connectivity index is 2.67. The molecule has 0 aliphatic heterocycles. The molecule has 1 aromatic heterocycles. The van der Waals surface area contributed by atoms with Crippen molar-refractivity contribution in [1.29, 1.82) is 0 Å². The fourth-order valence-electron chi connectivity index (χ4n) is 0.911. The van der Waals surface area contributed by atoms with Gasteiger partial charge in [0.2, 0.25) is 0 Å². The van der Waals surface area contributed by atoms with Crippen LogP contribution in [0.3, 0.4) is 0 Å². The van der Waals surface area contributed by atoms with Gasteiger partial charge >= 0.3 is 0 Å². The zero-order valence-electron chi connectivity index (χ0n) is 5.62. The van der Waals surface area contributed by atoms with Crippen LogP contribution in [0.1, 0.15) is 5.56 Å². The lowest BCUT2D eigenvalue weighted by atomic mass is 10.2. The maximum Gasteiger partial charge on any atom is 0.135 e. The quantitative estimate of drug-likeness (QED) is 0.681. The molecule has 2 rings (SSSR count). The third-order valence-corrected chi connectivity index (χ3v) is 2.12. The molecular weight excluding hydrogens is 208 g/mol. The van der Waals surface area contributed by atoms with E-state index >= 15 is 0 Å². The van der Waals surface area contributed by atoms with Crippen LogP contribution in [0.15, 0.2) is 22.8 Å². The lowest BCUT2D eigenvalue weighted by Gasteiger charge is -1.90. The first kappa shape index (κ1) is 6.79. The molecule has 0 atom stereocenters. The highest BCUT2D eigenvalue weighted by Crippen LogP contribution is 2.13. The third-order valence-electron chi connectivity index (χ3n) is 1.47. The van der Waals surface area contributed by atoms with Crippen molar-refractivity contribution in [3.8, 4) is 0 Å². The molecule has 1 heterocycles. The van der Waals surface area contributed by atoms with Gasteiger partial charge in [-0.2, -0.15) is 0 Å². The maximum atomic E-state index is 4.55. The first-order chi connectivity index (χ1) is 5.40. The smallest absolute Gasteiger partial charge is 0.135 e. The molecular formula is C7H5BrN2O. The van der Waals surface area contributed by atoms with Gasteiger partial charge in [-0.25, -0.2) is 4.63 Å². The summed E-state index contributed by atoms with van der Waals surface area (Å²) in [7, 11) is 0. The average Bonchev–Trinajstić information content (AvgIpc) is 2.50. The van der Waals surface area contributed by atoms with Gasteiger partial charge in [-0.05, 0) is 28.0 Å². The molecule has 0 N–H and O–H groups in total. The molecule has 0 radical (unpaired) electrons. The summed E-state index contributed by atoms with van der Waals surface area (Å²) in [4.78, 5) is 0. The van der Waals surface area contributed by atoms with E-state index in [2.05, 4.69) is 30.9 Å². The molecule has 0 bridgehead atoms. The summed E-state index contributed by atoms with van der Waals surface area (Å²) in [6, 6.07) is 5.82. The van der Waals surface area contributed by atoms with E-state index in [0.717, 1.165) is 16.4 Å². The van der Waals surface area contributed by atoms with Crippen LogP contribution in [0.5, 0.6) is 0 Å². The minimum atomic E-state index is 0.801. The van der Waals surface area contributed by atoms with Crippen molar-refractivity contribution in [2.24, 2.45) is 0 Å². The van der Waals surface area contributed by atoms with Crippen LogP contribution in [0.25, 0.3) is 11.0 Å². The van der Waals surface area contributed by atoms with Crippen LogP contribution in [0.4, 0.5) is 0 Å². The third kappa shape index (κ3) is 1.14. The van der Waals surface area contributed by atoms with Crippen LogP contribution in [-0.2, 0) is 5.33 Å². The Labute approximate surface area is 71.5 Å². The van der Waals surface area contributed by atoms with Crippen LogP contribution < -0.4 is 0 Å². The zero-order valence-corrected chi connectivity index (χ0v) is 7.21. The number of benzene rings is 1. The minimum absolute atomic E-state index is 0.801. The second-order valence-corrected chi connectivity index (χ2v) is 2.78. The highest BCUT2D eigenvalue weighted by molar-refractivity contribution is 9.08. The molecule has 0 saturated heterocycles. The SMILES string of the molecule is BrCc1ccc2nonc2c1. The molecule has 11 heavy (non-hydrogen) atoms. The molecule has 4 heteroatoms. The van der Waals surface area contributed by atoms with Crippen molar-refractivity contribution in [2.45, 2.75) is 5.33 Å². The van der Waals surface area contributed by atoms with E-state index in [9.17, 15) is 0 Å². The van der Waals surface area contributed by atoms with E-state index in [1.807, 2.05) is 18.2 Å². The average molecular weight is 213 g/mol. The number of halogens is 1. The number of nitrogens with zero attached hydrogens (tertiary/aromatic N) is 2. The molecule has 0 aliphatic rings. The summed E-state index contributed by atoms with van der Waals surface area (Å²) in [6.45, 7) is 0. The summed E-state index contributed by atoms with van der Waals surface area (Å²) >= 11 is 3.35. The van der Waals surface area contributed by atoms with Crippen LogP contribution in [-0.4, -0.2) is 10.3 Å². The number of alkyl halides is 1. The maximum absolute atomic E-state index is 4.55. The van der Waals surface area contributed by atoms with Gasteiger partial charge in [0.1, 0.15) is 11.0 Å². The predicted molar refractivity (Wildman–Crippen MR) is 44.4 cm³/mol. The Kier molecular flexibility index (Phi) is 1.62. The molecule has 0 unspecified atom stereocenters. The molecule has 0 saturated carbocycles. The van der Waals surface area contributed by atoms with Crippen molar-refractivity contribution < 1.29 is 4.63 Å². The molecule has 56 valence electrons. The molecule has 0 fully saturated rings. The lowest BCUT2D eigenvalue weighted by molar-refractivity contribution is 0.315. The highest BCUT2D eigenvalue weighted by atomic mass is 79.9. The van der Waals surface area contributed by atoms with Crippen LogP contribution in [0, 0.1) is 0 Å². The number of hydrogen-bond donors (Lipinski definition) is 0. The van der Waals surface area contributed by atoms with Crippen LogP contribution >= 0.6 is 15.9 Å². The fourth-order valence-corrected chi connectivity index (χ4v) is 1.26. The molecule has 3 nitrogen and oxygen atoms in total. The van der Waals surface area contributed by atoms with Gasteiger partial charge in [0, 0.05) is 5.33 Å². The monoisotopic (exact) mass is 212 g/mol. The van der Waals surface area contributed by atoms with Crippen molar-refractivity contribution in [2.75, 3.05) is 0 Å². The molecule has 0 amide bonds. The van der Waals surface area contributed by atoms with E-state index in [1.165, 1.54) is 5.56 Å². The van der Waals surface area contributed by atoms with E-state index in [-0.39, 0.29) is 0 Å². The predicted octanol–water partition coefficient (Wildman–Crippen LogP) is 2.12. The normalized spacial score (nSPS) is 10.6. The Morgan fingerprint density at radius 3 is 2.91 bits per heavy atom. The summed E-state index contributed by atoms with van der Waals surface area (Å²) in [5, 5.41) is 8.24. The second kappa shape index (κ2) is 2.62. The Bertz CT molecular complexity index is 371. The lowest BCUT2D eigenvalue weighted by Crippen LogP contribution is -1.76. The Morgan fingerprint density at radius 2 is 2.09 bits per heavy atom. The van der Waals surface area contributed by atoms with Gasteiger partial charge in [0.15, 0.2) is 0 Å². The van der Waals surface area contributed by atoms with E-state index in [4.69, 9.17) is 0 Å². The van der Waals surface area contributed by atoms with E-state index in [1.54, 1.807) is 0 Å². The number of aromatic nitrogens is 2. The van der Waals surface area contributed by atoms with Crippen molar-refractivity contribution in [3.63, 3.8) is 0 Å². The van der Waals surface area contributed by atoms with Gasteiger partial charge in [0.25, 0.3) is 0 Å². The first-order valence-electron chi connectivity index (χ1n) is 3.17. The van der Waals surface area contributed by atoms with Gasteiger partial charge in [-0.1, -0.05) is 22.0 Å². The highest BCUT2D eigenvalue weighted by Gasteiger charge is 1.99. The van der Waals surface area contributed by atoms with Crippen molar-refractivity contribution in [3.05, 3.63) is 23.8 Å². The second-order valence-electron chi connectivity index (χ2n) is 2.22. The summed E-state index contributed by atoms with van der Waals surface area (Å²) in [5.41, 5.74) is 2.78. The van der Waals surface area contributed by atoms with E-state index < -0.39 is 0 Å². The first-order valence-corrected chi connectivity index (χ1v) is 4.29. The van der Waals surface area contributed by atoms with Crippen molar-refractivity contribution in [1.82, 2.24) is 10.3 Å². The number of rotatable bonds is 1. The number of hydrogen-bond acceptors (Lipinski definition) is 3. The largest absolute Gasteiger partial charge is 0.243 e. The molecule has 1 aromatic carbocycles. The summed E-state index contributed by atoms with van der Waals surface area (Å²) in [5.74, 6) is 0. The fraction of sp³-hybridized carbons (Fsp3) is 0.143.